The van der Waals surface area contributed by atoms with Crippen molar-refractivity contribution in [3.63, 3.8) is 0 Å². The first-order chi connectivity index (χ1) is 13.7. The molecule has 1 unspecified atom stereocenters. The molecule has 8 nitrogen and oxygen atoms in total. The van der Waals surface area contributed by atoms with Gasteiger partial charge in [-0.1, -0.05) is 6.07 Å². The van der Waals surface area contributed by atoms with Crippen LogP contribution >= 0.6 is 0 Å². The van der Waals surface area contributed by atoms with Gasteiger partial charge in [-0.05, 0) is 60.8 Å². The molecular weight excluding hydrogens is 376 g/mol. The van der Waals surface area contributed by atoms with Gasteiger partial charge in [0, 0.05) is 11.9 Å². The summed E-state index contributed by atoms with van der Waals surface area (Å²) >= 11 is 0. The van der Waals surface area contributed by atoms with Crippen molar-refractivity contribution in [3.05, 3.63) is 40.7 Å². The number of benzene rings is 1. The maximum atomic E-state index is 12.7. The first-order valence-corrected chi connectivity index (χ1v) is 10.8. The highest BCUT2D eigenvalue weighted by Gasteiger charge is 2.25. The number of aliphatic hydroxyl groups excluding tert-OH is 1. The van der Waals surface area contributed by atoms with Crippen molar-refractivity contribution in [2.24, 2.45) is 0 Å². The fourth-order valence-corrected chi connectivity index (χ4v) is 5.12. The van der Waals surface area contributed by atoms with Crippen LogP contribution in [0.25, 0.3) is 0 Å². The van der Waals surface area contributed by atoms with E-state index in [1.165, 1.54) is 41.3 Å². The van der Waals surface area contributed by atoms with Gasteiger partial charge in [0.05, 0.1) is 24.2 Å². The number of fused-ring (bicyclic) bond motifs is 2. The molecule has 0 aliphatic heterocycles. The summed E-state index contributed by atoms with van der Waals surface area (Å²) in [6, 6.07) is 2.39. The Balaban J connectivity index is 1.41. The summed E-state index contributed by atoms with van der Waals surface area (Å²) < 4.78 is 14.3. The van der Waals surface area contributed by atoms with Crippen LogP contribution < -0.4 is 5.32 Å². The van der Waals surface area contributed by atoms with Crippen LogP contribution in [-0.2, 0) is 43.0 Å². The number of aryl methyl sites for hydroxylation is 2. The Morgan fingerprint density at radius 2 is 1.93 bits per heavy atom. The van der Waals surface area contributed by atoms with Gasteiger partial charge < -0.3 is 10.4 Å². The molecule has 0 saturated carbocycles. The highest BCUT2D eigenvalue weighted by atomic mass is 32.2. The van der Waals surface area contributed by atoms with Gasteiger partial charge in [0.1, 0.15) is 10.8 Å². The molecule has 2 aromatic heterocycles. The SMILES string of the molecule is O=S(c1cnn(CCO)c1)c1nc(Nc2c3c(cc4c2CCC4)CCC3)n[nH]1. The second kappa shape index (κ2) is 7.14. The monoisotopic (exact) mass is 398 g/mol. The number of aromatic amines is 1. The van der Waals surface area contributed by atoms with E-state index in [0.29, 0.717) is 17.4 Å². The van der Waals surface area contributed by atoms with Gasteiger partial charge in [0.15, 0.2) is 0 Å². The molecule has 2 aliphatic carbocycles. The second-order valence-corrected chi connectivity index (χ2v) is 8.65. The Morgan fingerprint density at radius 1 is 1.18 bits per heavy atom. The lowest BCUT2D eigenvalue weighted by Crippen LogP contribution is -2.03. The van der Waals surface area contributed by atoms with E-state index in [4.69, 9.17) is 5.11 Å². The van der Waals surface area contributed by atoms with Crippen LogP contribution in [0.15, 0.2) is 28.5 Å². The zero-order valence-electron chi connectivity index (χ0n) is 15.4. The quantitative estimate of drug-likeness (QED) is 0.585. The molecular formula is C19H22N6O2S. The molecule has 9 heteroatoms. The minimum Gasteiger partial charge on any atom is -0.394 e. The zero-order valence-corrected chi connectivity index (χ0v) is 16.3. The van der Waals surface area contributed by atoms with E-state index < -0.39 is 10.8 Å². The third-order valence-electron chi connectivity index (χ3n) is 5.50. The molecule has 0 amide bonds. The molecule has 3 N–H and O–H groups in total. The highest BCUT2D eigenvalue weighted by molar-refractivity contribution is 7.84. The summed E-state index contributed by atoms with van der Waals surface area (Å²) in [4.78, 5) is 4.95. The van der Waals surface area contributed by atoms with Crippen molar-refractivity contribution in [2.45, 2.75) is 55.1 Å². The molecule has 1 aromatic carbocycles. The van der Waals surface area contributed by atoms with Crippen LogP contribution in [-0.4, -0.2) is 40.9 Å². The summed E-state index contributed by atoms with van der Waals surface area (Å²) in [7, 11) is -1.50. The largest absolute Gasteiger partial charge is 0.394 e. The van der Waals surface area contributed by atoms with E-state index in [1.807, 2.05) is 0 Å². The predicted octanol–water partition coefficient (Wildman–Crippen LogP) is 1.88. The molecule has 0 saturated heterocycles. The Kier molecular flexibility index (Phi) is 4.48. The molecule has 146 valence electrons. The molecule has 0 radical (unpaired) electrons. The molecule has 2 aliphatic rings. The molecule has 1 atom stereocenters. The highest BCUT2D eigenvalue weighted by Crippen LogP contribution is 2.39. The van der Waals surface area contributed by atoms with Gasteiger partial charge in [-0.25, -0.2) is 9.31 Å². The number of nitrogens with one attached hydrogen (secondary N) is 2. The van der Waals surface area contributed by atoms with Gasteiger partial charge >= 0.3 is 0 Å². The summed E-state index contributed by atoms with van der Waals surface area (Å²) in [5.41, 5.74) is 6.82. The van der Waals surface area contributed by atoms with E-state index in [0.717, 1.165) is 31.4 Å². The Labute approximate surface area is 164 Å². The van der Waals surface area contributed by atoms with Crippen LogP contribution in [0.2, 0.25) is 0 Å². The molecule has 28 heavy (non-hydrogen) atoms. The minimum atomic E-state index is -1.50. The normalized spacial score (nSPS) is 16.2. The smallest absolute Gasteiger partial charge is 0.247 e. The van der Waals surface area contributed by atoms with E-state index in [9.17, 15) is 4.21 Å². The first kappa shape index (κ1) is 17.6. The van der Waals surface area contributed by atoms with Crippen molar-refractivity contribution >= 4 is 22.4 Å². The van der Waals surface area contributed by atoms with Crippen LogP contribution in [0.5, 0.6) is 0 Å². The van der Waals surface area contributed by atoms with E-state index in [1.54, 1.807) is 10.9 Å². The van der Waals surface area contributed by atoms with Crippen molar-refractivity contribution < 1.29 is 9.32 Å². The predicted molar refractivity (Wildman–Crippen MR) is 104 cm³/mol. The van der Waals surface area contributed by atoms with Crippen molar-refractivity contribution in [2.75, 3.05) is 11.9 Å². The summed E-state index contributed by atoms with van der Waals surface area (Å²) in [5.74, 6) is 0.445. The first-order valence-electron chi connectivity index (χ1n) is 9.64. The number of aromatic nitrogens is 5. The standard InChI is InChI=1S/C19H22N6O2S/c26-8-7-25-11-14(10-20-25)28(27)19-22-18(23-24-19)21-17-15-5-1-3-12(15)9-13-4-2-6-16(13)17/h9-11,26H,1-8H2,(H2,21,22,23,24). The Bertz CT molecular complexity index is 1020. The van der Waals surface area contributed by atoms with Crippen molar-refractivity contribution in [1.82, 2.24) is 25.0 Å². The van der Waals surface area contributed by atoms with Gasteiger partial charge in [0.25, 0.3) is 0 Å². The van der Waals surface area contributed by atoms with E-state index in [2.05, 4.69) is 31.7 Å². The average Bonchev–Trinajstić information content (AvgIpc) is 3.47. The summed E-state index contributed by atoms with van der Waals surface area (Å²) in [6.07, 6.45) is 9.99. The van der Waals surface area contributed by atoms with Crippen molar-refractivity contribution in [3.8, 4) is 0 Å². The molecule has 0 spiro atoms. The number of hydrogen-bond donors (Lipinski definition) is 3. The lowest BCUT2D eigenvalue weighted by Gasteiger charge is -2.15. The molecule has 0 fully saturated rings. The number of aliphatic hydroxyl groups is 1. The lowest BCUT2D eigenvalue weighted by molar-refractivity contribution is 0.269. The third kappa shape index (κ3) is 3.04. The fourth-order valence-electron chi connectivity index (χ4n) is 4.24. The number of H-pyrrole nitrogens is 1. The summed E-state index contributed by atoms with van der Waals surface area (Å²) in [6.45, 7) is 0.348. The Morgan fingerprint density at radius 3 is 2.64 bits per heavy atom. The van der Waals surface area contributed by atoms with Crippen LogP contribution in [0.1, 0.15) is 35.1 Å². The molecule has 3 aromatic rings. The number of hydrogen-bond acceptors (Lipinski definition) is 6. The van der Waals surface area contributed by atoms with Crippen LogP contribution in [0.4, 0.5) is 11.6 Å². The maximum Gasteiger partial charge on any atom is 0.247 e. The van der Waals surface area contributed by atoms with Crippen LogP contribution in [0.3, 0.4) is 0 Å². The third-order valence-corrected chi connectivity index (χ3v) is 6.68. The maximum absolute atomic E-state index is 12.7. The van der Waals surface area contributed by atoms with Gasteiger partial charge in [0.2, 0.25) is 11.1 Å². The number of anilines is 2. The number of nitrogens with zero attached hydrogens (tertiary/aromatic N) is 4. The number of rotatable bonds is 6. The second-order valence-electron chi connectivity index (χ2n) is 7.25. The lowest BCUT2D eigenvalue weighted by atomic mass is 9.99. The summed E-state index contributed by atoms with van der Waals surface area (Å²) in [5, 5.41) is 23.8. The molecule has 2 heterocycles. The Hall–Kier alpha value is -2.52. The molecule has 0 bridgehead atoms. The van der Waals surface area contributed by atoms with Gasteiger partial charge in [-0.15, -0.1) is 5.10 Å². The topological polar surface area (TPSA) is 109 Å². The van der Waals surface area contributed by atoms with Crippen LogP contribution in [0, 0.1) is 0 Å². The van der Waals surface area contributed by atoms with Gasteiger partial charge in [-0.2, -0.15) is 10.1 Å². The minimum absolute atomic E-state index is 0.0180. The average molecular weight is 398 g/mol. The fraction of sp³-hybridized carbons (Fsp3) is 0.421. The van der Waals surface area contributed by atoms with E-state index >= 15 is 0 Å². The zero-order chi connectivity index (χ0) is 19.1. The van der Waals surface area contributed by atoms with E-state index in [-0.39, 0.29) is 11.8 Å². The molecule has 5 rings (SSSR count). The van der Waals surface area contributed by atoms with Crippen molar-refractivity contribution in [1.29, 1.82) is 0 Å². The van der Waals surface area contributed by atoms with Gasteiger partial charge in [-0.3, -0.25) is 4.68 Å².